The van der Waals surface area contributed by atoms with Crippen LogP contribution < -0.4 is 4.31 Å². The third-order valence-electron chi connectivity index (χ3n) is 3.21. The first-order valence-electron chi connectivity index (χ1n) is 6.94. The summed E-state index contributed by atoms with van der Waals surface area (Å²) >= 11 is 6.09. The fraction of sp³-hybridized carbons (Fsp3) is 0.176. The van der Waals surface area contributed by atoms with Gasteiger partial charge in [0, 0.05) is 11.6 Å². The molecule has 0 N–H and O–H groups in total. The molecule has 0 saturated heterocycles. The molecule has 3 nitrogen and oxygen atoms in total. The summed E-state index contributed by atoms with van der Waals surface area (Å²) in [6, 6.07) is 16.1. The normalized spacial score (nSPS) is 11.1. The molecule has 0 aliphatic rings. The van der Waals surface area contributed by atoms with Crippen LogP contribution in [0.4, 0.5) is 5.69 Å². The number of hydrogen-bond acceptors (Lipinski definition) is 2. The summed E-state index contributed by atoms with van der Waals surface area (Å²) in [5, 5.41) is 0.461. The van der Waals surface area contributed by atoms with Gasteiger partial charge in [-0.25, -0.2) is 8.42 Å². The first-order valence-corrected chi connectivity index (χ1v) is 8.93. The highest BCUT2D eigenvalue weighted by Gasteiger charge is 2.23. The molecule has 0 atom stereocenters. The zero-order chi connectivity index (χ0) is 16.0. The van der Waals surface area contributed by atoms with Gasteiger partial charge in [0.1, 0.15) is 0 Å². The van der Waals surface area contributed by atoms with Crippen molar-refractivity contribution in [3.63, 3.8) is 0 Å². The molecule has 0 aliphatic heterocycles. The van der Waals surface area contributed by atoms with Gasteiger partial charge < -0.3 is 0 Å². The summed E-state index contributed by atoms with van der Waals surface area (Å²) in [6.45, 7) is 4.03. The van der Waals surface area contributed by atoms with Gasteiger partial charge in [-0.2, -0.15) is 0 Å². The zero-order valence-electron chi connectivity index (χ0n) is 12.2. The van der Waals surface area contributed by atoms with E-state index in [0.29, 0.717) is 29.2 Å². The standard InChI is InChI=1S/C17H18ClNO2S/c1-2-3-13-19(16-10-5-4-6-11-16)22(20,21)14-15-9-7-8-12-17(15)18/h2,4-12H,1,3,13-14H2. The van der Waals surface area contributed by atoms with Gasteiger partial charge >= 0.3 is 0 Å². The molecule has 0 unspecified atom stereocenters. The van der Waals surface area contributed by atoms with Crippen LogP contribution in [0.3, 0.4) is 0 Å². The average Bonchev–Trinajstić information content (AvgIpc) is 2.51. The maximum atomic E-state index is 12.8. The lowest BCUT2D eigenvalue weighted by atomic mass is 10.2. The lowest BCUT2D eigenvalue weighted by molar-refractivity contribution is 0.590. The molecule has 0 amide bonds. The number of sulfonamides is 1. The first kappa shape index (κ1) is 16.6. The number of halogens is 1. The predicted octanol–water partition coefficient (Wildman–Crippen LogP) is 4.25. The summed E-state index contributed by atoms with van der Waals surface area (Å²) in [6.07, 6.45) is 2.29. The topological polar surface area (TPSA) is 37.4 Å². The number of hydrogen-bond donors (Lipinski definition) is 0. The third kappa shape index (κ3) is 4.12. The van der Waals surface area contributed by atoms with Crippen molar-refractivity contribution in [2.75, 3.05) is 10.8 Å². The van der Waals surface area contributed by atoms with Crippen molar-refractivity contribution < 1.29 is 8.42 Å². The minimum absolute atomic E-state index is 0.126. The maximum absolute atomic E-state index is 12.8. The van der Waals surface area contributed by atoms with Crippen LogP contribution in [0, 0.1) is 0 Å². The summed E-state index contributed by atoms with van der Waals surface area (Å²) in [4.78, 5) is 0. The van der Waals surface area contributed by atoms with E-state index in [9.17, 15) is 8.42 Å². The van der Waals surface area contributed by atoms with E-state index in [1.807, 2.05) is 18.2 Å². The van der Waals surface area contributed by atoms with E-state index in [1.54, 1.807) is 42.5 Å². The Morgan fingerprint density at radius 3 is 2.32 bits per heavy atom. The second kappa shape index (κ2) is 7.47. The molecule has 22 heavy (non-hydrogen) atoms. The van der Waals surface area contributed by atoms with E-state index in [-0.39, 0.29) is 5.75 Å². The molecule has 0 spiro atoms. The summed E-state index contributed by atoms with van der Waals surface area (Å²) in [7, 11) is -3.52. The van der Waals surface area contributed by atoms with Crippen LogP contribution in [0.1, 0.15) is 12.0 Å². The highest BCUT2D eigenvalue weighted by molar-refractivity contribution is 7.92. The van der Waals surface area contributed by atoms with Crippen LogP contribution >= 0.6 is 11.6 Å². The lowest BCUT2D eigenvalue weighted by Crippen LogP contribution is -2.33. The van der Waals surface area contributed by atoms with Crippen LogP contribution in [0.5, 0.6) is 0 Å². The molecule has 0 aromatic heterocycles. The van der Waals surface area contributed by atoms with E-state index in [4.69, 9.17) is 11.6 Å². The van der Waals surface area contributed by atoms with E-state index in [2.05, 4.69) is 6.58 Å². The monoisotopic (exact) mass is 335 g/mol. The van der Waals surface area contributed by atoms with Crippen molar-refractivity contribution in [2.45, 2.75) is 12.2 Å². The molecule has 0 aliphatic carbocycles. The average molecular weight is 336 g/mol. The van der Waals surface area contributed by atoms with E-state index in [0.717, 1.165) is 0 Å². The number of benzene rings is 2. The van der Waals surface area contributed by atoms with E-state index in [1.165, 1.54) is 4.31 Å². The first-order chi connectivity index (χ1) is 10.5. The smallest absolute Gasteiger partial charge is 0.239 e. The molecule has 5 heteroatoms. The van der Waals surface area contributed by atoms with Gasteiger partial charge in [0.05, 0.1) is 11.4 Å². The Kier molecular flexibility index (Phi) is 5.63. The van der Waals surface area contributed by atoms with Crippen molar-refractivity contribution >= 4 is 27.3 Å². The van der Waals surface area contributed by atoms with Gasteiger partial charge in [-0.1, -0.05) is 54.1 Å². The molecule has 0 saturated carbocycles. The Hall–Kier alpha value is -1.78. The molecule has 0 heterocycles. The Morgan fingerprint density at radius 2 is 1.68 bits per heavy atom. The molecule has 0 fully saturated rings. The minimum atomic E-state index is -3.52. The van der Waals surface area contributed by atoms with Crippen molar-refractivity contribution in [1.29, 1.82) is 0 Å². The van der Waals surface area contributed by atoms with Gasteiger partial charge in [0.2, 0.25) is 10.0 Å². The Balaban J connectivity index is 2.33. The largest absolute Gasteiger partial charge is 0.270 e. The van der Waals surface area contributed by atoms with Crippen molar-refractivity contribution in [2.24, 2.45) is 0 Å². The molecule has 0 bridgehead atoms. The Morgan fingerprint density at radius 1 is 1.05 bits per heavy atom. The van der Waals surface area contributed by atoms with Crippen LogP contribution in [-0.2, 0) is 15.8 Å². The molecule has 2 rings (SSSR count). The minimum Gasteiger partial charge on any atom is -0.270 e. The number of anilines is 1. The molecular formula is C17H18ClNO2S. The lowest BCUT2D eigenvalue weighted by Gasteiger charge is -2.24. The van der Waals surface area contributed by atoms with Gasteiger partial charge in [0.15, 0.2) is 0 Å². The second-order valence-electron chi connectivity index (χ2n) is 4.83. The number of rotatable bonds is 7. The van der Waals surface area contributed by atoms with Crippen LogP contribution in [-0.4, -0.2) is 15.0 Å². The highest BCUT2D eigenvalue weighted by atomic mass is 35.5. The molecule has 0 radical (unpaired) electrons. The Labute approximate surface area is 136 Å². The maximum Gasteiger partial charge on any atom is 0.239 e. The van der Waals surface area contributed by atoms with Gasteiger partial charge in [0.25, 0.3) is 0 Å². The van der Waals surface area contributed by atoms with Crippen molar-refractivity contribution in [3.8, 4) is 0 Å². The SMILES string of the molecule is C=CCCN(c1ccccc1)S(=O)(=O)Cc1ccccc1Cl. The number of nitrogens with zero attached hydrogens (tertiary/aromatic N) is 1. The molecule has 2 aromatic carbocycles. The summed E-state index contributed by atoms with van der Waals surface area (Å²) < 4.78 is 27.0. The summed E-state index contributed by atoms with van der Waals surface area (Å²) in [5.74, 6) is -0.126. The van der Waals surface area contributed by atoms with Crippen LogP contribution in [0.2, 0.25) is 5.02 Å². The van der Waals surface area contributed by atoms with Crippen molar-refractivity contribution in [1.82, 2.24) is 0 Å². The number of para-hydroxylation sites is 1. The van der Waals surface area contributed by atoms with Gasteiger partial charge in [-0.05, 0) is 30.2 Å². The summed E-state index contributed by atoms with van der Waals surface area (Å²) in [5.41, 5.74) is 1.25. The Bertz CT molecular complexity index is 729. The fourth-order valence-electron chi connectivity index (χ4n) is 2.12. The second-order valence-corrected chi connectivity index (χ2v) is 7.13. The third-order valence-corrected chi connectivity index (χ3v) is 5.32. The van der Waals surface area contributed by atoms with Gasteiger partial charge in [-0.3, -0.25) is 4.31 Å². The molecular weight excluding hydrogens is 318 g/mol. The highest BCUT2D eigenvalue weighted by Crippen LogP contribution is 2.24. The van der Waals surface area contributed by atoms with Crippen molar-refractivity contribution in [3.05, 3.63) is 77.8 Å². The zero-order valence-corrected chi connectivity index (χ0v) is 13.7. The molecule has 116 valence electrons. The van der Waals surface area contributed by atoms with Crippen LogP contribution in [0.15, 0.2) is 67.3 Å². The van der Waals surface area contributed by atoms with Gasteiger partial charge in [-0.15, -0.1) is 6.58 Å². The molecule has 2 aromatic rings. The predicted molar refractivity (Wildman–Crippen MR) is 92.7 cm³/mol. The van der Waals surface area contributed by atoms with E-state index >= 15 is 0 Å². The quantitative estimate of drug-likeness (QED) is 0.709. The fourth-order valence-corrected chi connectivity index (χ4v) is 4.03. The van der Waals surface area contributed by atoms with Crippen LogP contribution in [0.25, 0.3) is 0 Å². The van der Waals surface area contributed by atoms with E-state index < -0.39 is 10.0 Å².